The number of aryl methyl sites for hydroxylation is 2. The van der Waals surface area contributed by atoms with Crippen LogP contribution in [0.4, 0.5) is 0 Å². The van der Waals surface area contributed by atoms with Gasteiger partial charge >= 0.3 is 5.69 Å². The van der Waals surface area contributed by atoms with Crippen LogP contribution in [0.2, 0.25) is 5.02 Å². The highest BCUT2D eigenvalue weighted by molar-refractivity contribution is 6.30. The molecule has 1 aliphatic rings. The molecule has 0 fully saturated rings. The van der Waals surface area contributed by atoms with E-state index in [9.17, 15) is 4.79 Å². The van der Waals surface area contributed by atoms with Crippen molar-refractivity contribution in [3.8, 4) is 11.3 Å². The first-order chi connectivity index (χ1) is 10.2. The lowest BCUT2D eigenvalue weighted by atomic mass is 9.97. The number of hydrogen-bond acceptors (Lipinski definition) is 2. The lowest BCUT2D eigenvalue weighted by Crippen LogP contribution is -2.21. The molecule has 106 valence electrons. The fourth-order valence-electron chi connectivity index (χ4n) is 3.01. The Morgan fingerprint density at radius 1 is 1.24 bits per heavy atom. The number of benzene rings is 1. The average Bonchev–Trinajstić information content (AvgIpc) is 2.93. The number of H-pyrrole nitrogens is 1. The first-order valence-electron chi connectivity index (χ1n) is 7.11. The van der Waals surface area contributed by atoms with E-state index in [-0.39, 0.29) is 5.69 Å². The van der Waals surface area contributed by atoms with Gasteiger partial charge in [0.05, 0.1) is 5.69 Å². The van der Waals surface area contributed by atoms with Crippen LogP contribution >= 0.6 is 11.6 Å². The zero-order valence-electron chi connectivity index (χ0n) is 11.4. The Bertz CT molecular complexity index is 894. The van der Waals surface area contributed by atoms with Crippen molar-refractivity contribution >= 4 is 17.2 Å². The normalized spacial score (nSPS) is 14.3. The second kappa shape index (κ2) is 4.74. The molecule has 0 aliphatic heterocycles. The molecule has 0 bridgehead atoms. The van der Waals surface area contributed by atoms with Crippen LogP contribution in [-0.4, -0.2) is 14.4 Å². The zero-order valence-corrected chi connectivity index (χ0v) is 12.2. The summed E-state index contributed by atoms with van der Waals surface area (Å²) in [5.74, 6) is 0. The Morgan fingerprint density at radius 3 is 2.95 bits per heavy atom. The number of imidazole rings is 1. The van der Waals surface area contributed by atoms with Gasteiger partial charge in [-0.05, 0) is 37.8 Å². The summed E-state index contributed by atoms with van der Waals surface area (Å²) in [5.41, 5.74) is 4.59. The van der Waals surface area contributed by atoms with Crippen LogP contribution in [0.15, 0.2) is 35.3 Å². The van der Waals surface area contributed by atoms with Gasteiger partial charge < -0.3 is 4.98 Å². The Morgan fingerprint density at radius 2 is 2.10 bits per heavy atom. The number of rotatable bonds is 1. The minimum absolute atomic E-state index is 0.119. The number of aromatic nitrogens is 3. The van der Waals surface area contributed by atoms with Crippen molar-refractivity contribution in [3.05, 3.63) is 57.2 Å². The van der Waals surface area contributed by atoms with Crippen molar-refractivity contribution in [1.82, 2.24) is 14.4 Å². The standard InChI is InChI=1S/C16H14ClN3O/c17-11-5-3-4-10(8-11)14-9-20-15(18-14)12-6-1-2-7-13(12)19-16(20)21/h3-5,8-9H,1-2,6-7H2,(H,19,21). The van der Waals surface area contributed by atoms with Crippen LogP contribution in [0, 0.1) is 0 Å². The van der Waals surface area contributed by atoms with Gasteiger partial charge in [0.1, 0.15) is 5.65 Å². The molecule has 4 nitrogen and oxygen atoms in total. The predicted octanol–water partition coefficient (Wildman–Crippen LogP) is 3.22. The molecule has 1 aliphatic carbocycles. The van der Waals surface area contributed by atoms with Gasteiger partial charge in [-0.3, -0.25) is 4.40 Å². The molecule has 21 heavy (non-hydrogen) atoms. The van der Waals surface area contributed by atoms with E-state index in [0.717, 1.165) is 48.3 Å². The molecule has 0 spiro atoms. The van der Waals surface area contributed by atoms with Crippen LogP contribution in [0.25, 0.3) is 16.9 Å². The third kappa shape index (κ3) is 2.07. The fourth-order valence-corrected chi connectivity index (χ4v) is 3.20. The minimum Gasteiger partial charge on any atom is -0.311 e. The van der Waals surface area contributed by atoms with Gasteiger partial charge in [-0.2, -0.15) is 0 Å². The Labute approximate surface area is 126 Å². The van der Waals surface area contributed by atoms with Gasteiger partial charge in [0.25, 0.3) is 0 Å². The molecule has 5 heteroatoms. The molecule has 0 unspecified atom stereocenters. The van der Waals surface area contributed by atoms with E-state index < -0.39 is 0 Å². The molecule has 3 aromatic rings. The highest BCUT2D eigenvalue weighted by atomic mass is 35.5. The van der Waals surface area contributed by atoms with E-state index in [4.69, 9.17) is 11.6 Å². The second-order valence-corrected chi connectivity index (χ2v) is 5.86. The van der Waals surface area contributed by atoms with E-state index in [1.165, 1.54) is 5.56 Å². The Balaban J connectivity index is 1.98. The molecular weight excluding hydrogens is 286 g/mol. The van der Waals surface area contributed by atoms with Crippen LogP contribution in [0.1, 0.15) is 24.1 Å². The molecule has 0 amide bonds. The summed E-state index contributed by atoms with van der Waals surface area (Å²) in [6, 6.07) is 7.54. The summed E-state index contributed by atoms with van der Waals surface area (Å²) in [4.78, 5) is 19.9. The van der Waals surface area contributed by atoms with Gasteiger partial charge in [-0.15, -0.1) is 0 Å². The number of nitrogens with zero attached hydrogens (tertiary/aromatic N) is 2. The second-order valence-electron chi connectivity index (χ2n) is 5.42. The number of hydrogen-bond donors (Lipinski definition) is 1. The first kappa shape index (κ1) is 12.7. The lowest BCUT2D eigenvalue weighted by molar-refractivity contribution is 0.659. The molecule has 2 heterocycles. The van der Waals surface area contributed by atoms with Crippen LogP contribution < -0.4 is 5.69 Å². The maximum Gasteiger partial charge on any atom is 0.331 e. The van der Waals surface area contributed by atoms with Crippen LogP contribution in [0.3, 0.4) is 0 Å². The van der Waals surface area contributed by atoms with Gasteiger partial charge in [-0.25, -0.2) is 9.78 Å². The molecule has 0 saturated heterocycles. The fraction of sp³-hybridized carbons (Fsp3) is 0.250. The van der Waals surface area contributed by atoms with Crippen LogP contribution in [-0.2, 0) is 12.8 Å². The maximum atomic E-state index is 12.2. The summed E-state index contributed by atoms with van der Waals surface area (Å²) in [5, 5.41) is 0.667. The Hall–Kier alpha value is -2.07. The monoisotopic (exact) mass is 299 g/mol. The summed E-state index contributed by atoms with van der Waals surface area (Å²) >= 11 is 6.04. The quantitative estimate of drug-likeness (QED) is 0.750. The van der Waals surface area contributed by atoms with Gasteiger partial charge in [0, 0.05) is 28.0 Å². The molecule has 1 N–H and O–H groups in total. The molecular formula is C16H14ClN3O. The summed E-state index contributed by atoms with van der Waals surface area (Å²) in [6.07, 6.45) is 5.96. The zero-order chi connectivity index (χ0) is 14.4. The van der Waals surface area contributed by atoms with E-state index >= 15 is 0 Å². The summed E-state index contributed by atoms with van der Waals surface area (Å²) in [6.45, 7) is 0. The van der Waals surface area contributed by atoms with Gasteiger partial charge in [0.2, 0.25) is 0 Å². The van der Waals surface area contributed by atoms with E-state index in [1.54, 1.807) is 10.6 Å². The van der Waals surface area contributed by atoms with Crippen molar-refractivity contribution < 1.29 is 0 Å². The minimum atomic E-state index is -0.119. The average molecular weight is 300 g/mol. The molecule has 0 saturated carbocycles. The maximum absolute atomic E-state index is 12.2. The van der Waals surface area contributed by atoms with Crippen LogP contribution in [0.5, 0.6) is 0 Å². The highest BCUT2D eigenvalue weighted by Crippen LogP contribution is 2.26. The van der Waals surface area contributed by atoms with Gasteiger partial charge in [0.15, 0.2) is 0 Å². The van der Waals surface area contributed by atoms with Crippen molar-refractivity contribution in [2.75, 3.05) is 0 Å². The van der Waals surface area contributed by atoms with E-state index in [2.05, 4.69) is 9.97 Å². The predicted molar refractivity (Wildman–Crippen MR) is 82.9 cm³/mol. The summed E-state index contributed by atoms with van der Waals surface area (Å²) in [7, 11) is 0. The number of halogens is 1. The molecule has 0 radical (unpaired) electrons. The van der Waals surface area contributed by atoms with Gasteiger partial charge in [-0.1, -0.05) is 23.7 Å². The highest BCUT2D eigenvalue weighted by Gasteiger charge is 2.17. The smallest absolute Gasteiger partial charge is 0.311 e. The molecule has 0 atom stereocenters. The first-order valence-corrected chi connectivity index (χ1v) is 7.49. The molecule has 1 aromatic carbocycles. The number of aromatic amines is 1. The van der Waals surface area contributed by atoms with Crippen molar-refractivity contribution in [2.24, 2.45) is 0 Å². The molecule has 4 rings (SSSR count). The SMILES string of the molecule is O=c1[nH]c2c(c3nc(-c4cccc(Cl)c4)cn13)CCCC2. The van der Waals surface area contributed by atoms with E-state index in [1.807, 2.05) is 24.3 Å². The lowest BCUT2D eigenvalue weighted by Gasteiger charge is -2.15. The number of fused-ring (bicyclic) bond motifs is 3. The topological polar surface area (TPSA) is 50.2 Å². The van der Waals surface area contributed by atoms with E-state index in [0.29, 0.717) is 5.02 Å². The number of nitrogens with one attached hydrogen (secondary N) is 1. The van der Waals surface area contributed by atoms with Crippen molar-refractivity contribution in [2.45, 2.75) is 25.7 Å². The largest absolute Gasteiger partial charge is 0.331 e. The third-order valence-corrected chi connectivity index (χ3v) is 4.28. The van der Waals surface area contributed by atoms with Crippen molar-refractivity contribution in [1.29, 1.82) is 0 Å². The van der Waals surface area contributed by atoms with Crippen molar-refractivity contribution in [3.63, 3.8) is 0 Å². The Kier molecular flexibility index (Phi) is 2.86. The third-order valence-electron chi connectivity index (χ3n) is 4.04. The summed E-state index contributed by atoms with van der Waals surface area (Å²) < 4.78 is 1.61. The molecule has 2 aromatic heterocycles.